The van der Waals surface area contributed by atoms with E-state index in [1.807, 2.05) is 18.3 Å². The van der Waals surface area contributed by atoms with Crippen LogP contribution in [0.1, 0.15) is 17.7 Å². The average molecular weight is 383 g/mol. The number of thiol groups is 1. The first-order chi connectivity index (χ1) is 13.2. The summed E-state index contributed by atoms with van der Waals surface area (Å²) < 4.78 is 0. The highest BCUT2D eigenvalue weighted by Crippen LogP contribution is 2.20. The third kappa shape index (κ3) is 4.20. The molecule has 0 aliphatic carbocycles. The zero-order valence-corrected chi connectivity index (χ0v) is 16.5. The zero-order chi connectivity index (χ0) is 18.6. The molecular formula is C20H26N6S. The van der Waals surface area contributed by atoms with Crippen LogP contribution in [0, 0.1) is 6.92 Å². The summed E-state index contributed by atoms with van der Waals surface area (Å²) in [6.07, 6.45) is 2.67. The van der Waals surface area contributed by atoms with Gasteiger partial charge in [-0.15, -0.1) is 12.6 Å². The normalized spacial score (nSPS) is 20.1. The Morgan fingerprint density at radius 3 is 2.85 bits per heavy atom. The highest BCUT2D eigenvalue weighted by Gasteiger charge is 2.22. The van der Waals surface area contributed by atoms with Crippen molar-refractivity contribution in [2.24, 2.45) is 5.10 Å². The fourth-order valence-electron chi connectivity index (χ4n) is 3.59. The van der Waals surface area contributed by atoms with Gasteiger partial charge in [0.2, 0.25) is 0 Å². The summed E-state index contributed by atoms with van der Waals surface area (Å²) in [4.78, 5) is 9.22. The summed E-state index contributed by atoms with van der Waals surface area (Å²) in [6, 6.07) is 12.7. The van der Waals surface area contributed by atoms with Gasteiger partial charge in [-0.05, 0) is 36.8 Å². The van der Waals surface area contributed by atoms with E-state index >= 15 is 0 Å². The number of hydrazone groups is 1. The highest BCUT2D eigenvalue weighted by molar-refractivity contribution is 7.80. The van der Waals surface area contributed by atoms with E-state index in [9.17, 15) is 0 Å². The van der Waals surface area contributed by atoms with Crippen molar-refractivity contribution in [3.05, 3.63) is 53.9 Å². The van der Waals surface area contributed by atoms with Crippen molar-refractivity contribution in [3.63, 3.8) is 0 Å². The first kappa shape index (κ1) is 18.1. The molecule has 2 aliphatic rings. The Hall–Kier alpha value is -2.25. The number of nitrogens with zero attached hydrogens (tertiary/aromatic N) is 4. The van der Waals surface area contributed by atoms with Crippen molar-refractivity contribution in [1.82, 2.24) is 15.3 Å². The Balaban J connectivity index is 1.35. The minimum Gasteiger partial charge on any atom is -0.383 e. The zero-order valence-electron chi connectivity index (χ0n) is 15.6. The van der Waals surface area contributed by atoms with E-state index in [4.69, 9.17) is 12.6 Å². The van der Waals surface area contributed by atoms with Crippen molar-refractivity contribution in [3.8, 4) is 0 Å². The average Bonchev–Trinajstić information content (AvgIpc) is 2.72. The Morgan fingerprint density at radius 1 is 1.19 bits per heavy atom. The molecule has 2 N–H and O–H groups in total. The molecule has 1 aromatic heterocycles. The number of aryl methyl sites for hydroxylation is 1. The second-order valence-corrected chi connectivity index (χ2v) is 7.49. The van der Waals surface area contributed by atoms with Gasteiger partial charge in [0.1, 0.15) is 11.2 Å². The van der Waals surface area contributed by atoms with Crippen LogP contribution in [-0.2, 0) is 0 Å². The first-order valence-electron chi connectivity index (χ1n) is 9.46. The highest BCUT2D eigenvalue weighted by atomic mass is 32.1. The van der Waals surface area contributed by atoms with E-state index in [0.717, 1.165) is 56.2 Å². The predicted octanol–water partition coefficient (Wildman–Crippen LogP) is 2.53. The van der Waals surface area contributed by atoms with Crippen LogP contribution in [0.5, 0.6) is 0 Å². The number of nitrogens with one attached hydrogen (secondary N) is 2. The van der Waals surface area contributed by atoms with Gasteiger partial charge in [0, 0.05) is 51.0 Å². The molecule has 0 amide bonds. The van der Waals surface area contributed by atoms with Crippen molar-refractivity contribution < 1.29 is 0 Å². The molecule has 1 unspecified atom stereocenters. The molecule has 1 aromatic carbocycles. The van der Waals surface area contributed by atoms with Crippen molar-refractivity contribution in [1.29, 1.82) is 0 Å². The molecule has 1 saturated heterocycles. The van der Waals surface area contributed by atoms with Gasteiger partial charge < -0.3 is 10.2 Å². The lowest BCUT2D eigenvalue weighted by Gasteiger charge is -2.38. The minimum atomic E-state index is -0.0980. The van der Waals surface area contributed by atoms with Crippen LogP contribution < -0.4 is 15.6 Å². The molecule has 2 aromatic rings. The number of pyridine rings is 1. The predicted molar refractivity (Wildman–Crippen MR) is 115 cm³/mol. The van der Waals surface area contributed by atoms with Crippen LogP contribution in [0.3, 0.4) is 0 Å². The van der Waals surface area contributed by atoms with Gasteiger partial charge in [-0.1, -0.05) is 12.1 Å². The molecule has 0 bridgehead atoms. The molecule has 0 spiro atoms. The smallest absolute Gasteiger partial charge is 0.141 e. The maximum Gasteiger partial charge on any atom is 0.141 e. The molecule has 1 fully saturated rings. The van der Waals surface area contributed by atoms with Gasteiger partial charge in [0.15, 0.2) is 0 Å². The number of fused-ring (bicyclic) bond motifs is 1. The van der Waals surface area contributed by atoms with Gasteiger partial charge in [-0.3, -0.25) is 15.3 Å². The van der Waals surface area contributed by atoms with Crippen LogP contribution in [0.4, 0.5) is 11.4 Å². The lowest BCUT2D eigenvalue weighted by molar-refractivity contribution is 0.219. The molecule has 0 radical (unpaired) electrons. The van der Waals surface area contributed by atoms with Crippen LogP contribution in [0.25, 0.3) is 0 Å². The maximum absolute atomic E-state index is 4.73. The second-order valence-electron chi connectivity index (χ2n) is 7.00. The number of aromatic nitrogens is 1. The van der Waals surface area contributed by atoms with Crippen molar-refractivity contribution in [2.75, 3.05) is 42.9 Å². The third-order valence-corrected chi connectivity index (χ3v) is 5.54. The number of benzene rings is 1. The Bertz CT molecular complexity index is 816. The molecule has 2 aliphatic heterocycles. The van der Waals surface area contributed by atoms with Gasteiger partial charge in [-0.2, -0.15) is 5.10 Å². The fourth-order valence-corrected chi connectivity index (χ4v) is 3.88. The van der Waals surface area contributed by atoms with Gasteiger partial charge in [0.05, 0.1) is 11.4 Å². The number of hydrogen-bond acceptors (Lipinski definition) is 7. The summed E-state index contributed by atoms with van der Waals surface area (Å²) in [5.74, 6) is 0. The van der Waals surface area contributed by atoms with E-state index in [1.165, 1.54) is 11.3 Å². The van der Waals surface area contributed by atoms with Crippen LogP contribution in [0.2, 0.25) is 0 Å². The number of rotatable bonds is 4. The van der Waals surface area contributed by atoms with Crippen molar-refractivity contribution >= 4 is 29.7 Å². The van der Waals surface area contributed by atoms with E-state index in [0.29, 0.717) is 0 Å². The molecule has 27 heavy (non-hydrogen) atoms. The topological polar surface area (TPSA) is 55.8 Å². The Morgan fingerprint density at radius 2 is 2.04 bits per heavy atom. The quantitative estimate of drug-likeness (QED) is 0.431. The fraction of sp³-hybridized carbons (Fsp3) is 0.400. The van der Waals surface area contributed by atoms with Crippen LogP contribution >= 0.6 is 12.6 Å². The van der Waals surface area contributed by atoms with Crippen molar-refractivity contribution in [2.45, 2.75) is 18.8 Å². The Labute approximate surface area is 166 Å². The molecule has 0 saturated carbocycles. The SMILES string of the molecule is Cc1cccc(N2CCN(C(S)N/N=C3/CCNc4cccnc43)CC2)c1. The second kappa shape index (κ2) is 8.19. The number of piperazine rings is 1. The summed E-state index contributed by atoms with van der Waals surface area (Å²) >= 11 is 4.73. The number of anilines is 2. The van der Waals surface area contributed by atoms with E-state index in [-0.39, 0.29) is 5.50 Å². The molecule has 3 heterocycles. The molecule has 7 heteroatoms. The first-order valence-corrected chi connectivity index (χ1v) is 9.97. The summed E-state index contributed by atoms with van der Waals surface area (Å²) in [7, 11) is 0. The molecule has 1 atom stereocenters. The molecular weight excluding hydrogens is 356 g/mol. The lowest BCUT2D eigenvalue weighted by Crippen LogP contribution is -2.52. The standard InChI is InChI=1S/C20H26N6S/c1-15-4-2-5-16(14-15)25-10-12-26(13-11-25)20(27)24-23-18-7-9-21-17-6-3-8-22-19(17)18/h2-6,8,14,20-21,24,27H,7,9-13H2,1H3/b23-18-. The van der Waals surface area contributed by atoms with E-state index in [2.05, 4.69) is 61.8 Å². The van der Waals surface area contributed by atoms with Gasteiger partial charge in [0.25, 0.3) is 0 Å². The van der Waals surface area contributed by atoms with Crippen LogP contribution in [-0.4, -0.2) is 53.8 Å². The third-order valence-electron chi connectivity index (χ3n) is 5.10. The van der Waals surface area contributed by atoms with Gasteiger partial charge >= 0.3 is 0 Å². The minimum absolute atomic E-state index is 0.0980. The van der Waals surface area contributed by atoms with E-state index < -0.39 is 0 Å². The summed E-state index contributed by atoms with van der Waals surface area (Å²) in [6.45, 7) is 6.92. The number of hydrogen-bond donors (Lipinski definition) is 3. The molecule has 6 nitrogen and oxygen atoms in total. The largest absolute Gasteiger partial charge is 0.383 e. The molecule has 142 valence electrons. The van der Waals surface area contributed by atoms with Gasteiger partial charge in [-0.25, -0.2) is 0 Å². The van der Waals surface area contributed by atoms with E-state index in [1.54, 1.807) is 0 Å². The summed E-state index contributed by atoms with van der Waals surface area (Å²) in [5.41, 5.74) is 8.69. The van der Waals surface area contributed by atoms with Crippen LogP contribution in [0.15, 0.2) is 47.7 Å². The Kier molecular flexibility index (Phi) is 5.50. The summed E-state index contributed by atoms with van der Waals surface area (Å²) in [5, 5.41) is 7.98. The monoisotopic (exact) mass is 382 g/mol. The lowest BCUT2D eigenvalue weighted by atomic mass is 10.1. The maximum atomic E-state index is 4.73. The molecule has 4 rings (SSSR count).